The van der Waals surface area contributed by atoms with Crippen molar-refractivity contribution in [2.75, 3.05) is 0 Å². The van der Waals surface area contributed by atoms with Gasteiger partial charge >= 0.3 is 0 Å². The minimum absolute atomic E-state index is 0.753. The lowest BCUT2D eigenvalue weighted by Gasteiger charge is -2.01. The summed E-state index contributed by atoms with van der Waals surface area (Å²) in [6.07, 6.45) is 3.78. The Morgan fingerprint density at radius 2 is 2.00 bits per heavy atom. The molecule has 0 amide bonds. The molecule has 0 N–H and O–H groups in total. The number of thiophene rings is 1. The van der Waals surface area contributed by atoms with Gasteiger partial charge < -0.3 is 0 Å². The fourth-order valence-corrected chi connectivity index (χ4v) is 3.07. The van der Waals surface area contributed by atoms with Crippen LogP contribution in [0.15, 0.2) is 60.2 Å². The molecule has 0 saturated carbocycles. The van der Waals surface area contributed by atoms with E-state index >= 15 is 0 Å². The van der Waals surface area contributed by atoms with Gasteiger partial charge in [-0.2, -0.15) is 0 Å². The third-order valence-corrected chi connectivity index (χ3v) is 4.21. The Morgan fingerprint density at radius 1 is 1.05 bits per heavy atom. The molecule has 102 valence electrons. The lowest BCUT2D eigenvalue weighted by atomic mass is 10.1. The first-order valence-electron chi connectivity index (χ1n) is 6.67. The van der Waals surface area contributed by atoms with E-state index in [0.717, 1.165) is 28.7 Å². The maximum absolute atomic E-state index is 4.47. The molecule has 4 aromatic rings. The van der Waals surface area contributed by atoms with Crippen molar-refractivity contribution in [1.82, 2.24) is 20.0 Å². The molecule has 0 aliphatic heterocycles. The van der Waals surface area contributed by atoms with Crippen molar-refractivity contribution in [2.45, 2.75) is 6.54 Å². The molecule has 4 nitrogen and oxygen atoms in total. The molecule has 5 heteroatoms. The number of pyridine rings is 1. The van der Waals surface area contributed by atoms with Crippen molar-refractivity contribution in [3.63, 3.8) is 0 Å². The van der Waals surface area contributed by atoms with E-state index in [4.69, 9.17) is 0 Å². The van der Waals surface area contributed by atoms with Gasteiger partial charge in [0.2, 0.25) is 0 Å². The Balaban J connectivity index is 1.74. The number of hydrogen-bond donors (Lipinski definition) is 0. The molecule has 0 aliphatic rings. The van der Waals surface area contributed by atoms with Crippen LogP contribution >= 0.6 is 11.3 Å². The summed E-state index contributed by atoms with van der Waals surface area (Å²) in [5.74, 6) is 0. The molecule has 4 rings (SSSR count). The number of aromatic nitrogens is 4. The summed E-state index contributed by atoms with van der Waals surface area (Å²) in [6.45, 7) is 0.753. The number of para-hydroxylation sites is 1. The van der Waals surface area contributed by atoms with Crippen LogP contribution in [-0.4, -0.2) is 20.0 Å². The first-order valence-corrected chi connectivity index (χ1v) is 7.55. The Hall–Kier alpha value is -2.53. The molecule has 0 bridgehead atoms. The minimum atomic E-state index is 0.753. The second-order valence-corrected chi connectivity index (χ2v) is 5.79. The van der Waals surface area contributed by atoms with E-state index in [0.29, 0.717) is 0 Å². The maximum Gasteiger partial charge on any atom is 0.115 e. The van der Waals surface area contributed by atoms with Gasteiger partial charge in [0.05, 0.1) is 18.3 Å². The third kappa shape index (κ3) is 2.32. The van der Waals surface area contributed by atoms with E-state index in [1.807, 2.05) is 41.3 Å². The smallest absolute Gasteiger partial charge is 0.115 e. The van der Waals surface area contributed by atoms with Crippen LogP contribution in [0.4, 0.5) is 0 Å². The van der Waals surface area contributed by atoms with E-state index in [1.54, 1.807) is 11.3 Å². The van der Waals surface area contributed by atoms with Gasteiger partial charge in [-0.05, 0) is 17.5 Å². The Kier molecular flexibility index (Phi) is 2.97. The van der Waals surface area contributed by atoms with Crippen LogP contribution in [-0.2, 0) is 6.54 Å². The van der Waals surface area contributed by atoms with Gasteiger partial charge in [0.25, 0.3) is 0 Å². The van der Waals surface area contributed by atoms with Gasteiger partial charge in [-0.15, -0.1) is 16.4 Å². The largest absolute Gasteiger partial charge is 0.256 e. The lowest BCUT2D eigenvalue weighted by Crippen LogP contribution is -1.97. The molecule has 0 unspecified atom stereocenters. The highest BCUT2D eigenvalue weighted by Gasteiger charge is 2.09. The quantitative estimate of drug-likeness (QED) is 0.579. The van der Waals surface area contributed by atoms with Crippen molar-refractivity contribution < 1.29 is 0 Å². The molecule has 1 aromatic carbocycles. The monoisotopic (exact) mass is 292 g/mol. The first kappa shape index (κ1) is 12.2. The van der Waals surface area contributed by atoms with Crippen molar-refractivity contribution in [3.05, 3.63) is 65.1 Å². The van der Waals surface area contributed by atoms with Crippen LogP contribution in [0.3, 0.4) is 0 Å². The van der Waals surface area contributed by atoms with Gasteiger partial charge in [0.15, 0.2) is 0 Å². The average Bonchev–Trinajstić information content (AvgIpc) is 3.19. The highest BCUT2D eigenvalue weighted by molar-refractivity contribution is 7.09. The van der Waals surface area contributed by atoms with Gasteiger partial charge in [-0.3, -0.25) is 4.98 Å². The van der Waals surface area contributed by atoms with Gasteiger partial charge in [0.1, 0.15) is 5.69 Å². The van der Waals surface area contributed by atoms with Crippen LogP contribution in [0.5, 0.6) is 0 Å². The summed E-state index contributed by atoms with van der Waals surface area (Å²) in [5.41, 5.74) is 2.84. The standard InChI is InChI=1S/C16H12N4S/c1-4-12-5-2-8-17-16(12)14(7-1)15-11-20(19-18-15)10-13-6-3-9-21-13/h1-9,11H,10H2. The molecule has 0 aliphatic carbocycles. The maximum atomic E-state index is 4.47. The Morgan fingerprint density at radius 3 is 2.90 bits per heavy atom. The molecule has 3 aromatic heterocycles. The molecule has 0 saturated heterocycles. The zero-order chi connectivity index (χ0) is 14.1. The van der Waals surface area contributed by atoms with E-state index in [2.05, 4.69) is 38.9 Å². The van der Waals surface area contributed by atoms with Crippen LogP contribution in [0.2, 0.25) is 0 Å². The van der Waals surface area contributed by atoms with Crippen molar-refractivity contribution >= 4 is 22.2 Å². The molecular formula is C16H12N4S. The van der Waals surface area contributed by atoms with Crippen LogP contribution in [0, 0.1) is 0 Å². The van der Waals surface area contributed by atoms with Crippen LogP contribution in [0.25, 0.3) is 22.2 Å². The Labute approximate surface area is 125 Å². The third-order valence-electron chi connectivity index (χ3n) is 3.35. The lowest BCUT2D eigenvalue weighted by molar-refractivity contribution is 0.656. The van der Waals surface area contributed by atoms with E-state index in [-0.39, 0.29) is 0 Å². The van der Waals surface area contributed by atoms with E-state index < -0.39 is 0 Å². The number of fused-ring (bicyclic) bond motifs is 1. The van der Waals surface area contributed by atoms with Gasteiger partial charge in [-0.1, -0.05) is 35.5 Å². The number of rotatable bonds is 3. The normalized spacial score (nSPS) is 11.0. The summed E-state index contributed by atoms with van der Waals surface area (Å²) in [4.78, 5) is 5.73. The SMILES string of the molecule is c1csc(Cn2cc(-c3cccc4cccnc34)nn2)c1. The van der Waals surface area contributed by atoms with E-state index in [1.165, 1.54) is 4.88 Å². The molecule has 3 heterocycles. The molecule has 21 heavy (non-hydrogen) atoms. The number of benzene rings is 1. The number of nitrogens with zero attached hydrogens (tertiary/aromatic N) is 4. The second kappa shape index (κ2) is 5.10. The fourth-order valence-electron chi connectivity index (χ4n) is 2.37. The molecule has 0 radical (unpaired) electrons. The van der Waals surface area contributed by atoms with Crippen LogP contribution in [0.1, 0.15) is 4.88 Å². The number of hydrogen-bond acceptors (Lipinski definition) is 4. The Bertz CT molecular complexity index is 875. The second-order valence-electron chi connectivity index (χ2n) is 4.76. The van der Waals surface area contributed by atoms with Crippen LogP contribution < -0.4 is 0 Å². The van der Waals surface area contributed by atoms with Gasteiger partial charge in [0, 0.05) is 22.0 Å². The average molecular weight is 292 g/mol. The highest BCUT2D eigenvalue weighted by Crippen LogP contribution is 2.25. The fraction of sp³-hybridized carbons (Fsp3) is 0.0625. The first-order chi connectivity index (χ1) is 10.4. The van der Waals surface area contributed by atoms with Gasteiger partial charge in [-0.25, -0.2) is 4.68 Å². The van der Waals surface area contributed by atoms with E-state index in [9.17, 15) is 0 Å². The highest BCUT2D eigenvalue weighted by atomic mass is 32.1. The summed E-state index contributed by atoms with van der Waals surface area (Å²) in [6, 6.07) is 14.3. The topological polar surface area (TPSA) is 43.6 Å². The summed E-state index contributed by atoms with van der Waals surface area (Å²) >= 11 is 1.72. The zero-order valence-electron chi connectivity index (χ0n) is 11.2. The molecule has 0 fully saturated rings. The zero-order valence-corrected chi connectivity index (χ0v) is 12.0. The minimum Gasteiger partial charge on any atom is -0.256 e. The molecule has 0 atom stereocenters. The van der Waals surface area contributed by atoms with Crippen molar-refractivity contribution in [2.24, 2.45) is 0 Å². The molecule has 0 spiro atoms. The van der Waals surface area contributed by atoms with Crippen molar-refractivity contribution in [1.29, 1.82) is 0 Å². The summed E-state index contributed by atoms with van der Waals surface area (Å²) in [5, 5.41) is 11.7. The predicted octanol–water partition coefficient (Wildman–Crippen LogP) is 3.60. The van der Waals surface area contributed by atoms with Crippen molar-refractivity contribution in [3.8, 4) is 11.3 Å². The molecular weight excluding hydrogens is 280 g/mol. The summed E-state index contributed by atoms with van der Waals surface area (Å²) in [7, 11) is 0. The summed E-state index contributed by atoms with van der Waals surface area (Å²) < 4.78 is 1.86. The predicted molar refractivity (Wildman–Crippen MR) is 84.2 cm³/mol.